The zero-order valence-corrected chi connectivity index (χ0v) is 11.8. The fourth-order valence-corrected chi connectivity index (χ4v) is 1.93. The van der Waals surface area contributed by atoms with Gasteiger partial charge in [0.2, 0.25) is 0 Å². The van der Waals surface area contributed by atoms with Crippen LogP contribution < -0.4 is 15.2 Å². The predicted molar refractivity (Wildman–Crippen MR) is 73.9 cm³/mol. The first kappa shape index (κ1) is 14.8. The standard InChI is InChI=1S/C14H24N2O2/c1-5-16(6-2)11(3)18-13-8-7-12(10-15)9-14(13)17-4/h7-9,11H,5-6,10,15H2,1-4H3. The number of hydrogen-bond donors (Lipinski definition) is 1. The lowest BCUT2D eigenvalue weighted by Gasteiger charge is -2.27. The first-order valence-electron chi connectivity index (χ1n) is 6.43. The predicted octanol–water partition coefficient (Wildman–Crippen LogP) is 2.22. The summed E-state index contributed by atoms with van der Waals surface area (Å²) in [6.45, 7) is 8.71. The Morgan fingerprint density at radius 3 is 2.39 bits per heavy atom. The second kappa shape index (κ2) is 7.24. The quantitative estimate of drug-likeness (QED) is 0.756. The smallest absolute Gasteiger partial charge is 0.163 e. The highest BCUT2D eigenvalue weighted by molar-refractivity contribution is 5.43. The molecule has 0 radical (unpaired) electrons. The van der Waals surface area contributed by atoms with E-state index >= 15 is 0 Å². The molecule has 1 aromatic carbocycles. The van der Waals surface area contributed by atoms with Crippen LogP contribution in [0.1, 0.15) is 26.3 Å². The summed E-state index contributed by atoms with van der Waals surface area (Å²) in [4.78, 5) is 2.23. The molecule has 2 N–H and O–H groups in total. The van der Waals surface area contributed by atoms with Crippen molar-refractivity contribution in [2.24, 2.45) is 5.73 Å². The van der Waals surface area contributed by atoms with Gasteiger partial charge in [-0.05, 0) is 37.7 Å². The molecule has 1 unspecified atom stereocenters. The molecule has 0 aliphatic carbocycles. The molecular formula is C14H24N2O2. The van der Waals surface area contributed by atoms with Crippen LogP contribution in [0.15, 0.2) is 18.2 Å². The third kappa shape index (κ3) is 3.62. The minimum Gasteiger partial charge on any atom is -0.493 e. The van der Waals surface area contributed by atoms with Gasteiger partial charge in [0.1, 0.15) is 6.23 Å². The highest BCUT2D eigenvalue weighted by atomic mass is 16.5. The molecule has 0 bridgehead atoms. The van der Waals surface area contributed by atoms with Crippen LogP contribution in [0, 0.1) is 0 Å². The normalized spacial score (nSPS) is 12.6. The molecule has 1 aromatic rings. The maximum Gasteiger partial charge on any atom is 0.163 e. The van der Waals surface area contributed by atoms with Gasteiger partial charge in [-0.1, -0.05) is 19.9 Å². The number of rotatable bonds is 7. The first-order valence-corrected chi connectivity index (χ1v) is 6.43. The van der Waals surface area contributed by atoms with Crippen molar-refractivity contribution >= 4 is 0 Å². The van der Waals surface area contributed by atoms with Gasteiger partial charge in [0, 0.05) is 6.54 Å². The molecule has 4 nitrogen and oxygen atoms in total. The molecule has 102 valence electrons. The van der Waals surface area contributed by atoms with E-state index in [0.29, 0.717) is 6.54 Å². The van der Waals surface area contributed by atoms with E-state index in [4.69, 9.17) is 15.2 Å². The maximum atomic E-state index is 5.94. The molecule has 1 atom stereocenters. The molecule has 0 aliphatic rings. The first-order chi connectivity index (χ1) is 8.65. The number of methoxy groups -OCH3 is 1. The van der Waals surface area contributed by atoms with Crippen molar-refractivity contribution in [1.82, 2.24) is 4.90 Å². The highest BCUT2D eigenvalue weighted by Gasteiger charge is 2.14. The minimum atomic E-state index is 0.0256. The molecule has 4 heteroatoms. The summed E-state index contributed by atoms with van der Waals surface area (Å²) in [6, 6.07) is 5.80. The van der Waals surface area contributed by atoms with E-state index in [1.165, 1.54) is 0 Å². The zero-order chi connectivity index (χ0) is 13.5. The number of ether oxygens (including phenoxy) is 2. The summed E-state index contributed by atoms with van der Waals surface area (Å²) in [6.07, 6.45) is 0.0256. The van der Waals surface area contributed by atoms with Crippen LogP contribution in [0.2, 0.25) is 0 Å². The Balaban J connectivity index is 2.83. The van der Waals surface area contributed by atoms with Crippen molar-refractivity contribution in [2.45, 2.75) is 33.5 Å². The van der Waals surface area contributed by atoms with Gasteiger partial charge in [-0.3, -0.25) is 4.90 Å². The summed E-state index contributed by atoms with van der Waals surface area (Å²) in [5.41, 5.74) is 6.65. The van der Waals surface area contributed by atoms with Crippen LogP contribution in [0.4, 0.5) is 0 Å². The Morgan fingerprint density at radius 2 is 1.89 bits per heavy atom. The average Bonchev–Trinajstić information content (AvgIpc) is 2.40. The fraction of sp³-hybridized carbons (Fsp3) is 0.571. The summed E-state index contributed by atoms with van der Waals surface area (Å²) in [5.74, 6) is 1.49. The van der Waals surface area contributed by atoms with Gasteiger partial charge in [0.25, 0.3) is 0 Å². The van der Waals surface area contributed by atoms with Crippen molar-refractivity contribution in [3.05, 3.63) is 23.8 Å². The summed E-state index contributed by atoms with van der Waals surface area (Å²) in [5, 5.41) is 0. The van der Waals surface area contributed by atoms with Gasteiger partial charge < -0.3 is 15.2 Å². The van der Waals surface area contributed by atoms with Crippen molar-refractivity contribution in [3.63, 3.8) is 0 Å². The van der Waals surface area contributed by atoms with Crippen LogP contribution in [-0.4, -0.2) is 31.3 Å². The van der Waals surface area contributed by atoms with Crippen molar-refractivity contribution in [2.75, 3.05) is 20.2 Å². The Morgan fingerprint density at radius 1 is 1.22 bits per heavy atom. The van der Waals surface area contributed by atoms with Crippen molar-refractivity contribution in [1.29, 1.82) is 0 Å². The Kier molecular flexibility index (Phi) is 5.95. The molecular weight excluding hydrogens is 228 g/mol. The van der Waals surface area contributed by atoms with Crippen LogP contribution in [0.3, 0.4) is 0 Å². The van der Waals surface area contributed by atoms with Crippen LogP contribution in [0.5, 0.6) is 11.5 Å². The Labute approximate surface area is 110 Å². The number of nitrogens with two attached hydrogens (primary N) is 1. The number of nitrogens with zero attached hydrogens (tertiary/aromatic N) is 1. The summed E-state index contributed by atoms with van der Waals surface area (Å²) >= 11 is 0. The lowest BCUT2D eigenvalue weighted by Crippen LogP contribution is -2.36. The fourth-order valence-electron chi connectivity index (χ4n) is 1.93. The van der Waals surface area contributed by atoms with Gasteiger partial charge >= 0.3 is 0 Å². The van der Waals surface area contributed by atoms with Crippen LogP contribution in [0.25, 0.3) is 0 Å². The van der Waals surface area contributed by atoms with Gasteiger partial charge in [0.15, 0.2) is 11.5 Å². The Hall–Kier alpha value is -1.26. The van der Waals surface area contributed by atoms with Gasteiger partial charge in [-0.15, -0.1) is 0 Å². The Bertz CT molecular complexity index is 365. The largest absolute Gasteiger partial charge is 0.493 e. The highest BCUT2D eigenvalue weighted by Crippen LogP contribution is 2.29. The molecule has 0 heterocycles. The van der Waals surface area contributed by atoms with E-state index < -0.39 is 0 Å². The molecule has 0 spiro atoms. The van der Waals surface area contributed by atoms with Crippen LogP contribution in [-0.2, 0) is 6.54 Å². The molecule has 0 aromatic heterocycles. The number of hydrogen-bond acceptors (Lipinski definition) is 4. The average molecular weight is 252 g/mol. The molecule has 1 rings (SSSR count). The van der Waals surface area contributed by atoms with Crippen LogP contribution >= 0.6 is 0 Å². The summed E-state index contributed by atoms with van der Waals surface area (Å²) < 4.78 is 11.3. The molecule has 0 amide bonds. The minimum absolute atomic E-state index is 0.0256. The third-order valence-corrected chi connectivity index (χ3v) is 3.09. The van der Waals surface area contributed by atoms with Crippen molar-refractivity contribution < 1.29 is 9.47 Å². The zero-order valence-electron chi connectivity index (χ0n) is 11.8. The number of benzene rings is 1. The molecule has 18 heavy (non-hydrogen) atoms. The SMILES string of the molecule is CCN(CC)C(C)Oc1ccc(CN)cc1OC. The van der Waals surface area contributed by atoms with Gasteiger partial charge in [-0.2, -0.15) is 0 Å². The lowest BCUT2D eigenvalue weighted by atomic mass is 10.2. The summed E-state index contributed by atoms with van der Waals surface area (Å²) in [7, 11) is 1.64. The van der Waals surface area contributed by atoms with Gasteiger partial charge in [-0.25, -0.2) is 0 Å². The van der Waals surface area contributed by atoms with E-state index in [0.717, 1.165) is 30.2 Å². The third-order valence-electron chi connectivity index (χ3n) is 3.09. The monoisotopic (exact) mass is 252 g/mol. The van der Waals surface area contributed by atoms with E-state index in [-0.39, 0.29) is 6.23 Å². The second-order valence-corrected chi connectivity index (χ2v) is 4.13. The van der Waals surface area contributed by atoms with E-state index in [2.05, 4.69) is 18.7 Å². The molecule has 0 fully saturated rings. The van der Waals surface area contributed by atoms with Gasteiger partial charge in [0.05, 0.1) is 7.11 Å². The topological polar surface area (TPSA) is 47.7 Å². The van der Waals surface area contributed by atoms with E-state index in [9.17, 15) is 0 Å². The second-order valence-electron chi connectivity index (χ2n) is 4.13. The van der Waals surface area contributed by atoms with Crippen molar-refractivity contribution in [3.8, 4) is 11.5 Å². The lowest BCUT2D eigenvalue weighted by molar-refractivity contribution is 0.0458. The molecule has 0 aliphatic heterocycles. The maximum absolute atomic E-state index is 5.94. The van der Waals surface area contributed by atoms with E-state index in [1.807, 2.05) is 25.1 Å². The molecule has 0 saturated carbocycles. The molecule has 0 saturated heterocycles. The van der Waals surface area contributed by atoms with E-state index in [1.54, 1.807) is 7.11 Å².